The van der Waals surface area contributed by atoms with Crippen LogP contribution in [0.25, 0.3) is 0 Å². The van der Waals surface area contributed by atoms with Crippen molar-refractivity contribution in [2.24, 2.45) is 5.73 Å². The van der Waals surface area contributed by atoms with Crippen molar-refractivity contribution in [2.75, 3.05) is 19.8 Å². The van der Waals surface area contributed by atoms with Crippen molar-refractivity contribution >= 4 is 5.84 Å². The monoisotopic (exact) mass is 172 g/mol. The van der Waals surface area contributed by atoms with Crippen molar-refractivity contribution in [1.82, 2.24) is 0 Å². The van der Waals surface area contributed by atoms with Gasteiger partial charge >= 0.3 is 0 Å². The number of rotatable bonds is 6. The summed E-state index contributed by atoms with van der Waals surface area (Å²) >= 11 is 0. The summed E-state index contributed by atoms with van der Waals surface area (Å²) in [6, 6.07) is 0. The highest BCUT2D eigenvalue weighted by Crippen LogP contribution is 2.06. The van der Waals surface area contributed by atoms with Crippen molar-refractivity contribution in [3.8, 4) is 0 Å². The van der Waals surface area contributed by atoms with Gasteiger partial charge in [0.1, 0.15) is 6.10 Å². The Balaban J connectivity index is 1.79. The van der Waals surface area contributed by atoms with E-state index in [0.717, 1.165) is 32.7 Å². The summed E-state index contributed by atoms with van der Waals surface area (Å²) in [5.74, 6) is 0.266. The van der Waals surface area contributed by atoms with Crippen LogP contribution in [0.2, 0.25) is 0 Å². The molecule has 1 fully saturated rings. The molecule has 1 heterocycles. The molecule has 3 N–H and O–H groups in total. The number of hydrogen-bond donors (Lipinski definition) is 2. The fourth-order valence-corrected chi connectivity index (χ4v) is 0.978. The molecule has 0 atom stereocenters. The minimum atomic E-state index is 0.266. The highest BCUT2D eigenvalue weighted by molar-refractivity contribution is 5.76. The van der Waals surface area contributed by atoms with Crippen molar-refractivity contribution in [3.63, 3.8) is 0 Å². The molecule has 70 valence electrons. The van der Waals surface area contributed by atoms with Crippen molar-refractivity contribution in [2.45, 2.75) is 25.4 Å². The second kappa shape index (κ2) is 5.11. The molecule has 0 saturated carbocycles. The minimum Gasteiger partial charge on any atom is -0.388 e. The summed E-state index contributed by atoms with van der Waals surface area (Å²) in [4.78, 5) is 0. The van der Waals surface area contributed by atoms with Crippen LogP contribution in [0.4, 0.5) is 0 Å². The van der Waals surface area contributed by atoms with E-state index in [9.17, 15) is 0 Å². The maximum atomic E-state index is 6.98. The van der Waals surface area contributed by atoms with Gasteiger partial charge in [0.2, 0.25) is 0 Å². The van der Waals surface area contributed by atoms with Crippen LogP contribution in [0, 0.1) is 5.41 Å². The molecule has 0 aromatic heterocycles. The number of hydrogen-bond acceptors (Lipinski definition) is 3. The molecule has 0 aromatic carbocycles. The normalized spacial score (nSPS) is 17.3. The van der Waals surface area contributed by atoms with Gasteiger partial charge in [0.25, 0.3) is 0 Å². The van der Waals surface area contributed by atoms with Gasteiger partial charge in [-0.15, -0.1) is 0 Å². The quantitative estimate of drug-likeness (QED) is 0.348. The van der Waals surface area contributed by atoms with E-state index >= 15 is 0 Å². The lowest BCUT2D eigenvalue weighted by Gasteiger charge is -2.25. The highest BCUT2D eigenvalue weighted by atomic mass is 16.6. The van der Waals surface area contributed by atoms with Crippen LogP contribution < -0.4 is 5.73 Å². The molecule has 4 heteroatoms. The minimum absolute atomic E-state index is 0.266. The summed E-state index contributed by atoms with van der Waals surface area (Å²) in [7, 11) is 0. The molecule has 0 spiro atoms. The van der Waals surface area contributed by atoms with Gasteiger partial charge in [0, 0.05) is 13.0 Å². The van der Waals surface area contributed by atoms with Crippen LogP contribution in [0.5, 0.6) is 0 Å². The Morgan fingerprint density at radius 1 is 1.50 bits per heavy atom. The number of nitrogens with one attached hydrogen (secondary N) is 1. The molecular formula is C8H16N2O2. The number of amidine groups is 1. The highest BCUT2D eigenvalue weighted by Gasteiger charge is 2.17. The average molecular weight is 172 g/mol. The molecule has 0 unspecified atom stereocenters. The first-order chi connectivity index (χ1) is 5.79. The third kappa shape index (κ3) is 3.69. The van der Waals surface area contributed by atoms with Crippen molar-refractivity contribution < 1.29 is 9.47 Å². The van der Waals surface area contributed by atoms with Crippen LogP contribution in [0.1, 0.15) is 19.3 Å². The van der Waals surface area contributed by atoms with E-state index in [1.807, 2.05) is 0 Å². The molecule has 0 aromatic rings. The smallest absolute Gasteiger partial charge is 0.104 e. The zero-order valence-electron chi connectivity index (χ0n) is 7.21. The lowest BCUT2D eigenvalue weighted by Crippen LogP contribution is -2.36. The first-order valence-electron chi connectivity index (χ1n) is 4.31. The molecule has 0 bridgehead atoms. The third-order valence-corrected chi connectivity index (χ3v) is 1.80. The topological polar surface area (TPSA) is 68.3 Å². The van der Waals surface area contributed by atoms with E-state index in [4.69, 9.17) is 20.6 Å². The summed E-state index contributed by atoms with van der Waals surface area (Å²) in [6.45, 7) is 2.25. The molecular weight excluding hydrogens is 156 g/mol. The van der Waals surface area contributed by atoms with E-state index in [-0.39, 0.29) is 5.84 Å². The molecule has 1 saturated heterocycles. The Hall–Kier alpha value is -0.610. The third-order valence-electron chi connectivity index (χ3n) is 1.80. The van der Waals surface area contributed by atoms with E-state index in [0.29, 0.717) is 12.5 Å². The molecule has 4 nitrogen and oxygen atoms in total. The lowest BCUT2D eigenvalue weighted by molar-refractivity contribution is -0.129. The first kappa shape index (κ1) is 9.48. The van der Waals surface area contributed by atoms with Crippen LogP contribution in [-0.2, 0) is 9.47 Å². The van der Waals surface area contributed by atoms with Gasteiger partial charge in [-0.2, -0.15) is 0 Å². The van der Waals surface area contributed by atoms with Crippen LogP contribution in [0.15, 0.2) is 0 Å². The summed E-state index contributed by atoms with van der Waals surface area (Å²) in [6.07, 6.45) is 2.94. The fourth-order valence-electron chi connectivity index (χ4n) is 0.978. The van der Waals surface area contributed by atoms with Crippen molar-refractivity contribution in [3.05, 3.63) is 0 Å². The summed E-state index contributed by atoms with van der Waals surface area (Å²) in [5.41, 5.74) is 5.19. The second-order valence-electron chi connectivity index (χ2n) is 3.01. The number of unbranched alkanes of at least 4 members (excludes halogenated alkanes) is 1. The van der Waals surface area contributed by atoms with Crippen LogP contribution in [-0.4, -0.2) is 31.8 Å². The van der Waals surface area contributed by atoms with E-state index in [1.165, 1.54) is 0 Å². The molecule has 12 heavy (non-hydrogen) atoms. The number of ether oxygens (including phenoxy) is 2. The van der Waals surface area contributed by atoms with Crippen molar-refractivity contribution in [1.29, 1.82) is 5.41 Å². The maximum absolute atomic E-state index is 6.98. The predicted octanol–water partition coefficient (Wildman–Crippen LogP) is 0.508. The first-order valence-corrected chi connectivity index (χ1v) is 4.31. The largest absolute Gasteiger partial charge is 0.388 e. The van der Waals surface area contributed by atoms with Gasteiger partial charge in [-0.3, -0.25) is 5.41 Å². The Bertz CT molecular complexity index is 146. The standard InChI is InChI=1S/C8H16N2O2/c9-8(10)3-1-2-4-12-7-5-11-6-7/h7H,1-6H2,(H3,9,10). The van der Waals surface area contributed by atoms with Crippen LogP contribution in [0.3, 0.4) is 0 Å². The van der Waals surface area contributed by atoms with Gasteiger partial charge in [0.05, 0.1) is 19.0 Å². The van der Waals surface area contributed by atoms with Gasteiger partial charge in [-0.05, 0) is 12.8 Å². The molecule has 1 aliphatic rings. The number of nitrogens with two attached hydrogens (primary N) is 1. The molecule has 1 aliphatic heterocycles. The Kier molecular flexibility index (Phi) is 4.04. The fraction of sp³-hybridized carbons (Fsp3) is 0.875. The maximum Gasteiger partial charge on any atom is 0.104 e. The van der Waals surface area contributed by atoms with E-state index in [2.05, 4.69) is 0 Å². The van der Waals surface area contributed by atoms with E-state index in [1.54, 1.807) is 0 Å². The van der Waals surface area contributed by atoms with Gasteiger partial charge in [-0.1, -0.05) is 0 Å². The molecule has 1 rings (SSSR count). The molecule has 0 radical (unpaired) electrons. The van der Waals surface area contributed by atoms with Gasteiger partial charge in [0.15, 0.2) is 0 Å². The van der Waals surface area contributed by atoms with Gasteiger partial charge in [-0.25, -0.2) is 0 Å². The van der Waals surface area contributed by atoms with E-state index < -0.39 is 0 Å². The molecule has 0 amide bonds. The summed E-state index contributed by atoms with van der Waals surface area (Å²) in [5, 5.41) is 6.98. The second-order valence-corrected chi connectivity index (χ2v) is 3.01. The molecule has 0 aliphatic carbocycles. The lowest BCUT2D eigenvalue weighted by atomic mass is 10.2. The zero-order chi connectivity index (χ0) is 8.81. The Labute approximate surface area is 72.5 Å². The Morgan fingerprint density at radius 3 is 2.75 bits per heavy atom. The van der Waals surface area contributed by atoms with Crippen LogP contribution >= 0.6 is 0 Å². The SMILES string of the molecule is N=C(N)CCCCOC1COC1. The predicted molar refractivity (Wildman–Crippen MR) is 46.3 cm³/mol. The Morgan fingerprint density at radius 2 is 2.25 bits per heavy atom. The average Bonchev–Trinajstić information content (AvgIpc) is 1.92. The van der Waals surface area contributed by atoms with Gasteiger partial charge < -0.3 is 15.2 Å². The summed E-state index contributed by atoms with van der Waals surface area (Å²) < 4.78 is 10.4. The zero-order valence-corrected chi connectivity index (χ0v) is 7.21.